The number of rotatable bonds is 3. The summed E-state index contributed by atoms with van der Waals surface area (Å²) < 4.78 is 5.56. The van der Waals surface area contributed by atoms with Crippen molar-refractivity contribution in [3.8, 4) is 0 Å². The Kier molecular flexibility index (Phi) is 4.03. The molecule has 2 fully saturated rings. The molecule has 0 aliphatic carbocycles. The molecule has 114 valence electrons. The number of ether oxygens (including phenoxy) is 1. The monoisotopic (exact) mass is 291 g/mol. The van der Waals surface area contributed by atoms with E-state index in [1.54, 1.807) is 6.92 Å². The summed E-state index contributed by atoms with van der Waals surface area (Å²) in [6, 6.07) is 0.291. The first-order valence-corrected chi connectivity index (χ1v) is 7.37. The summed E-state index contributed by atoms with van der Waals surface area (Å²) >= 11 is 0. The van der Waals surface area contributed by atoms with Crippen LogP contribution in [-0.4, -0.2) is 59.2 Å². The van der Waals surface area contributed by atoms with Crippen LogP contribution in [0.25, 0.3) is 0 Å². The van der Waals surface area contributed by atoms with Crippen molar-refractivity contribution in [2.24, 2.45) is 0 Å². The van der Waals surface area contributed by atoms with E-state index in [-0.39, 0.29) is 23.9 Å². The number of likely N-dealkylation sites (tertiary alicyclic amines) is 1. The van der Waals surface area contributed by atoms with Gasteiger partial charge in [-0.1, -0.05) is 0 Å². The zero-order valence-electron chi connectivity index (χ0n) is 12.2. The maximum atomic E-state index is 12.4. The van der Waals surface area contributed by atoms with Crippen molar-refractivity contribution in [3.63, 3.8) is 0 Å². The lowest BCUT2D eigenvalue weighted by atomic mass is 10.1. The zero-order valence-corrected chi connectivity index (χ0v) is 12.2. The third-order valence-electron chi connectivity index (χ3n) is 4.22. The number of nitrogens with two attached hydrogens (primary N) is 1. The van der Waals surface area contributed by atoms with E-state index in [0.717, 1.165) is 13.1 Å². The van der Waals surface area contributed by atoms with E-state index in [0.29, 0.717) is 24.5 Å². The van der Waals surface area contributed by atoms with E-state index in [9.17, 15) is 4.79 Å². The van der Waals surface area contributed by atoms with Gasteiger partial charge >= 0.3 is 0 Å². The Morgan fingerprint density at radius 3 is 2.90 bits per heavy atom. The number of nitrogen functional groups attached to an aromatic ring is 1. The highest BCUT2D eigenvalue weighted by atomic mass is 16.5. The van der Waals surface area contributed by atoms with Gasteiger partial charge in [-0.25, -0.2) is 9.97 Å². The van der Waals surface area contributed by atoms with Gasteiger partial charge in [-0.2, -0.15) is 0 Å². The summed E-state index contributed by atoms with van der Waals surface area (Å²) in [5.74, 6) is 0.0235. The largest absolute Gasteiger partial charge is 0.378 e. The van der Waals surface area contributed by atoms with Crippen LogP contribution in [0.2, 0.25) is 0 Å². The molecular weight excluding hydrogens is 270 g/mol. The summed E-state index contributed by atoms with van der Waals surface area (Å²) in [6.07, 6.45) is 3.93. The van der Waals surface area contributed by atoms with Crippen LogP contribution in [0, 0.1) is 6.92 Å². The van der Waals surface area contributed by atoms with E-state index in [2.05, 4.69) is 20.2 Å². The average Bonchev–Trinajstić information content (AvgIpc) is 3.08. The topological polar surface area (TPSA) is 93.4 Å². The predicted octanol–water partition coefficient (Wildman–Crippen LogP) is -0.0398. The highest BCUT2D eigenvalue weighted by Crippen LogP contribution is 2.19. The molecule has 7 heteroatoms. The first-order valence-electron chi connectivity index (χ1n) is 7.37. The Bertz CT molecular complexity index is 530. The van der Waals surface area contributed by atoms with Gasteiger partial charge in [0.1, 0.15) is 0 Å². The van der Waals surface area contributed by atoms with Crippen LogP contribution in [0.15, 0.2) is 6.20 Å². The Morgan fingerprint density at radius 2 is 2.19 bits per heavy atom. The third kappa shape index (κ3) is 2.98. The van der Waals surface area contributed by atoms with Gasteiger partial charge in [0, 0.05) is 6.20 Å². The van der Waals surface area contributed by atoms with Gasteiger partial charge in [-0.3, -0.25) is 9.69 Å². The van der Waals surface area contributed by atoms with Crippen molar-refractivity contribution in [1.82, 2.24) is 20.2 Å². The van der Waals surface area contributed by atoms with Crippen molar-refractivity contribution in [2.75, 3.05) is 32.0 Å². The van der Waals surface area contributed by atoms with Gasteiger partial charge in [0.25, 0.3) is 5.91 Å². The van der Waals surface area contributed by atoms with E-state index < -0.39 is 0 Å². The quantitative estimate of drug-likeness (QED) is 0.811. The van der Waals surface area contributed by atoms with Crippen molar-refractivity contribution >= 4 is 11.9 Å². The van der Waals surface area contributed by atoms with E-state index in [1.165, 1.54) is 19.0 Å². The molecule has 0 aromatic carbocycles. The first-order chi connectivity index (χ1) is 10.1. The third-order valence-corrected chi connectivity index (χ3v) is 4.22. The molecule has 0 bridgehead atoms. The lowest BCUT2D eigenvalue weighted by Crippen LogP contribution is -2.50. The van der Waals surface area contributed by atoms with Crippen LogP contribution in [0.3, 0.4) is 0 Å². The molecule has 3 heterocycles. The second-order valence-corrected chi connectivity index (χ2v) is 5.66. The summed E-state index contributed by atoms with van der Waals surface area (Å²) in [7, 11) is 0. The number of amides is 1. The minimum atomic E-state index is -0.160. The van der Waals surface area contributed by atoms with Crippen LogP contribution >= 0.6 is 0 Å². The van der Waals surface area contributed by atoms with Crippen molar-refractivity contribution in [2.45, 2.75) is 31.8 Å². The lowest BCUT2D eigenvalue weighted by Gasteiger charge is -2.28. The van der Waals surface area contributed by atoms with Crippen LogP contribution in [0.1, 0.15) is 28.9 Å². The number of hydrogen-bond acceptors (Lipinski definition) is 6. The fraction of sp³-hybridized carbons (Fsp3) is 0.643. The van der Waals surface area contributed by atoms with Crippen molar-refractivity contribution in [3.05, 3.63) is 17.5 Å². The Labute approximate surface area is 123 Å². The normalized spacial score (nSPS) is 26.1. The molecule has 2 aliphatic rings. The Hall–Kier alpha value is -1.73. The molecule has 2 atom stereocenters. The van der Waals surface area contributed by atoms with Gasteiger partial charge < -0.3 is 15.8 Å². The molecule has 3 N–H and O–H groups in total. The molecule has 0 saturated carbocycles. The van der Waals surface area contributed by atoms with Crippen LogP contribution in [-0.2, 0) is 4.74 Å². The molecule has 0 spiro atoms. The average molecular weight is 291 g/mol. The minimum Gasteiger partial charge on any atom is -0.378 e. The van der Waals surface area contributed by atoms with Crippen molar-refractivity contribution < 1.29 is 9.53 Å². The smallest absolute Gasteiger partial charge is 0.255 e. The Balaban J connectivity index is 1.68. The van der Waals surface area contributed by atoms with E-state index in [4.69, 9.17) is 10.5 Å². The number of aryl methyl sites for hydroxylation is 1. The number of anilines is 1. The minimum absolute atomic E-state index is 0.0209. The predicted molar refractivity (Wildman–Crippen MR) is 77.8 cm³/mol. The molecular formula is C14H21N5O2. The summed E-state index contributed by atoms with van der Waals surface area (Å²) in [4.78, 5) is 22.7. The highest BCUT2D eigenvalue weighted by Gasteiger charge is 2.35. The maximum Gasteiger partial charge on any atom is 0.255 e. The van der Waals surface area contributed by atoms with Gasteiger partial charge in [-0.15, -0.1) is 0 Å². The molecule has 21 heavy (non-hydrogen) atoms. The molecule has 0 unspecified atom stereocenters. The molecule has 3 rings (SSSR count). The number of nitrogens with zero attached hydrogens (tertiary/aromatic N) is 3. The summed E-state index contributed by atoms with van der Waals surface area (Å²) in [5, 5.41) is 3.06. The summed E-state index contributed by atoms with van der Waals surface area (Å²) in [5.41, 5.74) is 6.58. The second-order valence-electron chi connectivity index (χ2n) is 5.66. The standard InChI is InChI=1S/C14H21N5O2/c1-9-10(6-16-14(15)17-9)13(20)18-11-7-21-8-12(11)19-4-2-3-5-19/h6,11-12H,2-5,7-8H2,1H3,(H,18,20)(H2,15,16,17)/t11-,12-/m1/s1. The van der Waals surface area contributed by atoms with E-state index in [1.807, 2.05) is 0 Å². The van der Waals surface area contributed by atoms with Crippen molar-refractivity contribution in [1.29, 1.82) is 0 Å². The van der Waals surface area contributed by atoms with Crippen LogP contribution in [0.4, 0.5) is 5.95 Å². The molecule has 2 saturated heterocycles. The highest BCUT2D eigenvalue weighted by molar-refractivity contribution is 5.95. The molecule has 1 aromatic rings. The van der Waals surface area contributed by atoms with Gasteiger partial charge in [0.2, 0.25) is 5.95 Å². The molecule has 0 radical (unpaired) electrons. The fourth-order valence-electron chi connectivity index (χ4n) is 3.07. The number of nitrogens with one attached hydrogen (secondary N) is 1. The number of aromatic nitrogens is 2. The SMILES string of the molecule is Cc1nc(N)ncc1C(=O)N[C@@H]1COC[C@H]1N1CCCC1. The van der Waals surface area contributed by atoms with Gasteiger partial charge in [0.05, 0.1) is 36.6 Å². The van der Waals surface area contributed by atoms with Crippen LogP contribution in [0.5, 0.6) is 0 Å². The molecule has 2 aliphatic heterocycles. The summed E-state index contributed by atoms with van der Waals surface area (Å²) in [6.45, 7) is 5.18. The Morgan fingerprint density at radius 1 is 1.43 bits per heavy atom. The molecule has 7 nitrogen and oxygen atoms in total. The maximum absolute atomic E-state index is 12.4. The zero-order chi connectivity index (χ0) is 14.8. The lowest BCUT2D eigenvalue weighted by molar-refractivity contribution is 0.0915. The van der Waals surface area contributed by atoms with Gasteiger partial charge in [0.15, 0.2) is 0 Å². The van der Waals surface area contributed by atoms with E-state index >= 15 is 0 Å². The number of hydrogen-bond donors (Lipinski definition) is 2. The molecule has 1 amide bonds. The molecule has 1 aromatic heterocycles. The first kappa shape index (κ1) is 14.2. The van der Waals surface area contributed by atoms with Gasteiger partial charge in [-0.05, 0) is 32.9 Å². The number of carbonyl (C=O) groups excluding carboxylic acids is 1. The number of carbonyl (C=O) groups is 1. The second kappa shape index (κ2) is 5.95. The fourth-order valence-corrected chi connectivity index (χ4v) is 3.07. The van der Waals surface area contributed by atoms with Crippen LogP contribution < -0.4 is 11.1 Å².